The van der Waals surface area contributed by atoms with Gasteiger partial charge in [-0.1, -0.05) is 74.0 Å². The number of carbonyl (C=O) groups excluding carboxylic acids is 3. The van der Waals surface area contributed by atoms with E-state index in [1.165, 1.54) is 0 Å². The molecule has 3 aliphatic heterocycles. The lowest BCUT2D eigenvalue weighted by molar-refractivity contribution is -0.149. The zero-order chi connectivity index (χ0) is 27.6. The zero-order valence-electron chi connectivity index (χ0n) is 22.8. The van der Waals surface area contributed by atoms with Crippen molar-refractivity contribution in [2.75, 3.05) is 13.2 Å². The molecule has 208 valence electrons. The van der Waals surface area contributed by atoms with E-state index in [4.69, 9.17) is 4.74 Å². The van der Waals surface area contributed by atoms with Crippen molar-refractivity contribution in [3.8, 4) is 0 Å². The first-order chi connectivity index (χ1) is 18.8. The maximum absolute atomic E-state index is 14.3. The number of hydrogen-bond acceptors (Lipinski definition) is 5. The summed E-state index contributed by atoms with van der Waals surface area (Å²) in [6.07, 6.45) is 3.22. The van der Waals surface area contributed by atoms with Gasteiger partial charge in [0.25, 0.3) is 0 Å². The maximum atomic E-state index is 14.3. The van der Waals surface area contributed by atoms with Crippen LogP contribution in [0.1, 0.15) is 50.7 Å². The first-order valence-electron chi connectivity index (χ1n) is 14.1. The van der Waals surface area contributed by atoms with Crippen molar-refractivity contribution in [3.05, 3.63) is 71.8 Å². The van der Waals surface area contributed by atoms with E-state index in [1.807, 2.05) is 67.6 Å². The van der Waals surface area contributed by atoms with Crippen LogP contribution in [-0.4, -0.2) is 64.2 Å². The van der Waals surface area contributed by atoms with Gasteiger partial charge in [0.05, 0.1) is 30.1 Å². The van der Waals surface area contributed by atoms with E-state index in [0.29, 0.717) is 32.4 Å². The van der Waals surface area contributed by atoms with Crippen molar-refractivity contribution in [3.63, 3.8) is 0 Å². The summed E-state index contributed by atoms with van der Waals surface area (Å²) in [7, 11) is 0. The Balaban J connectivity index is 1.48. The summed E-state index contributed by atoms with van der Waals surface area (Å²) in [5.74, 6) is -2.32. The number of carbonyl (C=O) groups is 3. The van der Waals surface area contributed by atoms with Gasteiger partial charge in [-0.3, -0.25) is 14.4 Å². The van der Waals surface area contributed by atoms with Crippen LogP contribution in [0, 0.1) is 11.8 Å². The molecule has 5 rings (SSSR count). The summed E-state index contributed by atoms with van der Waals surface area (Å²) in [6.45, 7) is 4.48. The van der Waals surface area contributed by atoms with Gasteiger partial charge < -0.3 is 25.4 Å². The fraction of sp³-hybridized carbons (Fsp3) is 0.516. The van der Waals surface area contributed by atoms with Crippen molar-refractivity contribution in [2.45, 2.75) is 75.8 Å². The van der Waals surface area contributed by atoms with Crippen LogP contribution in [0.15, 0.2) is 60.7 Å². The average Bonchev–Trinajstić information content (AvgIpc) is 3.52. The molecule has 2 aromatic rings. The largest absolute Gasteiger partial charge is 0.394 e. The SMILES string of the molecule is CCCCNC(=O)C1N([C@@H](CO)Cc2ccccc2)C(=O)[C@@H]2[C@@H](C(=O)NCc3ccccc3)[C@@]3(C)CCC12O3. The standard InChI is InChI=1S/C31H39N3O5/c1-3-4-17-32-28(37)26-31-16-15-30(2,39-31)24(27(36)33-19-22-13-9-6-10-14-22)25(31)29(38)34(26)23(20-35)18-21-11-7-5-8-12-21/h5-14,23-26,35H,3-4,15-20H2,1-2H3,(H,32,37)(H,33,36)/t23-,24+,25+,26?,30-,31?/m1/s1. The quantitative estimate of drug-likeness (QED) is 0.385. The number of nitrogens with zero attached hydrogens (tertiary/aromatic N) is 1. The molecule has 0 radical (unpaired) electrons. The lowest BCUT2D eigenvalue weighted by Crippen LogP contribution is -2.58. The van der Waals surface area contributed by atoms with Crippen LogP contribution in [0.3, 0.4) is 0 Å². The van der Waals surface area contributed by atoms with Gasteiger partial charge in [0.15, 0.2) is 0 Å². The second-order valence-corrected chi connectivity index (χ2v) is 11.3. The molecule has 3 heterocycles. The third-order valence-electron chi connectivity index (χ3n) is 8.80. The highest BCUT2D eigenvalue weighted by atomic mass is 16.5. The molecule has 8 heteroatoms. The minimum absolute atomic E-state index is 0.239. The fourth-order valence-electron chi connectivity index (χ4n) is 6.97. The number of benzene rings is 2. The summed E-state index contributed by atoms with van der Waals surface area (Å²) < 4.78 is 6.68. The molecule has 3 amide bonds. The molecular formula is C31H39N3O5. The summed E-state index contributed by atoms with van der Waals surface area (Å²) in [5, 5.41) is 16.5. The van der Waals surface area contributed by atoms with Crippen molar-refractivity contribution < 1.29 is 24.2 Å². The number of nitrogens with one attached hydrogen (secondary N) is 2. The van der Waals surface area contributed by atoms with E-state index in [2.05, 4.69) is 17.6 Å². The van der Waals surface area contributed by atoms with Gasteiger partial charge >= 0.3 is 0 Å². The van der Waals surface area contributed by atoms with Crippen LogP contribution in [0.4, 0.5) is 0 Å². The number of hydrogen-bond donors (Lipinski definition) is 3. The van der Waals surface area contributed by atoms with E-state index in [9.17, 15) is 19.5 Å². The number of likely N-dealkylation sites (tertiary alicyclic amines) is 1. The van der Waals surface area contributed by atoms with E-state index < -0.39 is 35.1 Å². The molecule has 2 aromatic carbocycles. The minimum atomic E-state index is -1.11. The summed E-state index contributed by atoms with van der Waals surface area (Å²) in [4.78, 5) is 43.4. The van der Waals surface area contributed by atoms with Gasteiger partial charge in [-0.2, -0.15) is 0 Å². The second kappa shape index (κ2) is 11.1. The van der Waals surface area contributed by atoms with Crippen LogP contribution in [0.25, 0.3) is 0 Å². The summed E-state index contributed by atoms with van der Waals surface area (Å²) in [6, 6.07) is 17.7. The fourth-order valence-corrected chi connectivity index (χ4v) is 6.97. The topological polar surface area (TPSA) is 108 Å². The van der Waals surface area contributed by atoms with Crippen molar-refractivity contribution in [2.24, 2.45) is 11.8 Å². The molecule has 1 spiro atoms. The monoisotopic (exact) mass is 533 g/mol. The third kappa shape index (κ3) is 4.85. The Bertz CT molecular complexity index is 1190. The number of rotatable bonds is 11. The van der Waals surface area contributed by atoms with E-state index in [-0.39, 0.29) is 24.3 Å². The van der Waals surface area contributed by atoms with Crippen molar-refractivity contribution in [1.82, 2.24) is 15.5 Å². The predicted molar refractivity (Wildman–Crippen MR) is 146 cm³/mol. The number of aliphatic hydroxyl groups excluding tert-OH is 1. The Labute approximate surface area is 230 Å². The van der Waals surface area contributed by atoms with Crippen LogP contribution in [0.5, 0.6) is 0 Å². The highest BCUT2D eigenvalue weighted by Gasteiger charge is 2.78. The van der Waals surface area contributed by atoms with Crippen LogP contribution in [-0.2, 0) is 32.1 Å². The van der Waals surface area contributed by atoms with E-state index >= 15 is 0 Å². The highest BCUT2D eigenvalue weighted by Crippen LogP contribution is 2.63. The Hall–Kier alpha value is -3.23. The molecule has 0 saturated carbocycles. The number of amides is 3. The smallest absolute Gasteiger partial charge is 0.245 e. The van der Waals surface area contributed by atoms with E-state index in [0.717, 1.165) is 24.0 Å². The summed E-state index contributed by atoms with van der Waals surface area (Å²) in [5.41, 5.74) is -0.0338. The van der Waals surface area contributed by atoms with Crippen LogP contribution < -0.4 is 10.6 Å². The molecule has 3 aliphatic rings. The molecule has 0 aromatic heterocycles. The molecule has 3 saturated heterocycles. The van der Waals surface area contributed by atoms with E-state index in [1.54, 1.807) is 4.90 Å². The Morgan fingerprint density at radius 3 is 2.33 bits per heavy atom. The first kappa shape index (κ1) is 27.3. The van der Waals surface area contributed by atoms with Gasteiger partial charge in [-0.25, -0.2) is 0 Å². The Morgan fingerprint density at radius 1 is 1.03 bits per heavy atom. The molecule has 2 bridgehead atoms. The zero-order valence-corrected chi connectivity index (χ0v) is 22.8. The highest BCUT2D eigenvalue weighted by molar-refractivity contribution is 5.99. The molecular weight excluding hydrogens is 494 g/mol. The number of aliphatic hydroxyl groups is 1. The van der Waals surface area contributed by atoms with Crippen LogP contribution >= 0.6 is 0 Å². The van der Waals surface area contributed by atoms with Crippen molar-refractivity contribution in [1.29, 1.82) is 0 Å². The van der Waals surface area contributed by atoms with Crippen LogP contribution in [0.2, 0.25) is 0 Å². The van der Waals surface area contributed by atoms with Gasteiger partial charge in [-0.05, 0) is 43.7 Å². The Kier molecular flexibility index (Phi) is 7.78. The normalized spacial score (nSPS) is 29.8. The van der Waals surface area contributed by atoms with Gasteiger partial charge in [-0.15, -0.1) is 0 Å². The predicted octanol–water partition coefficient (Wildman–Crippen LogP) is 2.59. The second-order valence-electron chi connectivity index (χ2n) is 11.3. The maximum Gasteiger partial charge on any atom is 0.245 e. The molecule has 2 unspecified atom stereocenters. The third-order valence-corrected chi connectivity index (χ3v) is 8.80. The number of fused-ring (bicyclic) bond motifs is 1. The number of unbranched alkanes of at least 4 members (excludes halogenated alkanes) is 1. The molecule has 3 fully saturated rings. The average molecular weight is 534 g/mol. The minimum Gasteiger partial charge on any atom is -0.394 e. The van der Waals surface area contributed by atoms with Gasteiger partial charge in [0.2, 0.25) is 17.7 Å². The molecule has 8 nitrogen and oxygen atoms in total. The molecule has 39 heavy (non-hydrogen) atoms. The molecule has 3 N–H and O–H groups in total. The summed E-state index contributed by atoms with van der Waals surface area (Å²) >= 11 is 0. The van der Waals surface area contributed by atoms with Crippen molar-refractivity contribution >= 4 is 17.7 Å². The van der Waals surface area contributed by atoms with Gasteiger partial charge in [0, 0.05) is 13.1 Å². The lowest BCUT2D eigenvalue weighted by Gasteiger charge is -2.37. The lowest BCUT2D eigenvalue weighted by atomic mass is 9.66. The van der Waals surface area contributed by atoms with Gasteiger partial charge in [0.1, 0.15) is 11.6 Å². The molecule has 6 atom stereocenters. The molecule has 0 aliphatic carbocycles. The Morgan fingerprint density at radius 2 is 1.69 bits per heavy atom. The first-order valence-corrected chi connectivity index (χ1v) is 14.1. The number of ether oxygens (including phenoxy) is 1.